The fourth-order valence-electron chi connectivity index (χ4n) is 1.55. The summed E-state index contributed by atoms with van der Waals surface area (Å²) in [5.74, 6) is -1.16. The van der Waals surface area contributed by atoms with E-state index in [0.717, 1.165) is 17.3 Å². The van der Waals surface area contributed by atoms with Gasteiger partial charge in [0.15, 0.2) is 6.10 Å². The van der Waals surface area contributed by atoms with E-state index in [-0.39, 0.29) is 5.69 Å². The van der Waals surface area contributed by atoms with Crippen LogP contribution in [-0.2, 0) is 15.8 Å². The van der Waals surface area contributed by atoms with Crippen LogP contribution in [-0.4, -0.2) is 22.4 Å². The van der Waals surface area contributed by atoms with E-state index >= 15 is 0 Å². The van der Waals surface area contributed by atoms with Gasteiger partial charge in [0.2, 0.25) is 0 Å². The summed E-state index contributed by atoms with van der Waals surface area (Å²) in [6.07, 6.45) is -2.79. The molecule has 1 aliphatic rings. The van der Waals surface area contributed by atoms with Crippen LogP contribution in [0.15, 0.2) is 36.7 Å². The van der Waals surface area contributed by atoms with E-state index in [1.165, 1.54) is 36.5 Å². The smallest absolute Gasteiger partial charge is 0.416 e. The summed E-state index contributed by atoms with van der Waals surface area (Å²) in [7, 11) is 0. The molecule has 114 valence electrons. The predicted octanol–water partition coefficient (Wildman–Crippen LogP) is 2.12. The van der Waals surface area contributed by atoms with E-state index in [1.54, 1.807) is 0 Å². The van der Waals surface area contributed by atoms with Crippen LogP contribution in [0.3, 0.4) is 0 Å². The molecule has 1 aromatic rings. The van der Waals surface area contributed by atoms with Crippen LogP contribution in [0.25, 0.3) is 0 Å². The fraction of sp³-hybridized carbons (Fsp3) is 0.250. The Hall–Kier alpha value is -2.26. The van der Waals surface area contributed by atoms with E-state index in [2.05, 4.69) is 5.53 Å². The van der Waals surface area contributed by atoms with Crippen molar-refractivity contribution >= 4 is 11.7 Å². The van der Waals surface area contributed by atoms with Gasteiger partial charge in [0.1, 0.15) is 0 Å². The zero-order valence-corrected chi connectivity index (χ0v) is 10.8. The third kappa shape index (κ3) is 3.64. The molecule has 1 unspecified atom stereocenters. The Morgan fingerprint density at radius 1 is 1.38 bits per heavy atom. The van der Waals surface area contributed by atoms with Gasteiger partial charge in [-0.2, -0.15) is 18.3 Å². The molecule has 0 aromatic heterocycles. The van der Waals surface area contributed by atoms with E-state index in [4.69, 9.17) is 9.94 Å². The molecule has 0 spiro atoms. The van der Waals surface area contributed by atoms with Crippen LogP contribution >= 0.6 is 0 Å². The molecule has 1 atom stereocenters. The van der Waals surface area contributed by atoms with Crippen molar-refractivity contribution in [1.82, 2.24) is 10.7 Å². The van der Waals surface area contributed by atoms with E-state index in [1.807, 2.05) is 0 Å². The third-order valence-corrected chi connectivity index (χ3v) is 2.63. The van der Waals surface area contributed by atoms with Crippen molar-refractivity contribution in [3.05, 3.63) is 42.2 Å². The van der Waals surface area contributed by atoms with Gasteiger partial charge in [-0.15, -0.1) is 5.53 Å². The number of nitrogens with zero attached hydrogens (tertiary/aromatic N) is 2. The maximum atomic E-state index is 12.6. The summed E-state index contributed by atoms with van der Waals surface area (Å²) in [5.41, 5.74) is 2.02. The van der Waals surface area contributed by atoms with Gasteiger partial charge in [0.25, 0.3) is 0 Å². The second kappa shape index (κ2) is 5.62. The summed E-state index contributed by atoms with van der Waals surface area (Å²) in [6, 6.07) is 4.67. The van der Waals surface area contributed by atoms with E-state index in [0.29, 0.717) is 0 Å². The van der Waals surface area contributed by atoms with Crippen molar-refractivity contribution in [3.8, 4) is 0 Å². The topological polar surface area (TPSA) is 65.0 Å². The second-order valence-corrected chi connectivity index (χ2v) is 4.23. The number of alkyl halides is 3. The lowest BCUT2D eigenvalue weighted by Crippen LogP contribution is -2.42. The van der Waals surface area contributed by atoms with Crippen molar-refractivity contribution < 1.29 is 27.9 Å². The van der Waals surface area contributed by atoms with Crippen LogP contribution in [0.4, 0.5) is 18.9 Å². The van der Waals surface area contributed by atoms with Crippen LogP contribution in [0.1, 0.15) is 12.5 Å². The molecule has 0 fully saturated rings. The SMILES string of the molecule is CC(ON1C=CN(c2cccc(C(F)(F)F)c2)N1)C(=O)O. The summed E-state index contributed by atoms with van der Waals surface area (Å²) in [6.45, 7) is 1.32. The Morgan fingerprint density at radius 3 is 2.71 bits per heavy atom. The number of hydrogen-bond donors (Lipinski definition) is 2. The Bertz CT molecular complexity index is 562. The molecule has 9 heteroatoms. The summed E-state index contributed by atoms with van der Waals surface area (Å²) < 4.78 is 37.9. The standard InChI is InChI=1S/C12H12F3N3O3/c1-8(11(19)20)21-18-6-5-17(16-18)10-4-2-3-9(7-10)12(13,14)15/h2-8,16H,1H3,(H,19,20). The minimum absolute atomic E-state index is 0.232. The molecule has 2 N–H and O–H groups in total. The van der Waals surface area contributed by atoms with Gasteiger partial charge in [0.05, 0.1) is 17.5 Å². The lowest BCUT2D eigenvalue weighted by Gasteiger charge is -2.23. The molecule has 1 aliphatic heterocycles. The zero-order valence-electron chi connectivity index (χ0n) is 10.8. The average molecular weight is 303 g/mol. The Morgan fingerprint density at radius 2 is 2.10 bits per heavy atom. The molecule has 21 heavy (non-hydrogen) atoms. The number of hydrazine groups is 2. The summed E-state index contributed by atoms with van der Waals surface area (Å²) in [4.78, 5) is 15.6. The number of anilines is 1. The van der Waals surface area contributed by atoms with Gasteiger partial charge in [0, 0.05) is 6.20 Å². The monoisotopic (exact) mass is 303 g/mol. The highest BCUT2D eigenvalue weighted by Crippen LogP contribution is 2.31. The van der Waals surface area contributed by atoms with Gasteiger partial charge >= 0.3 is 12.1 Å². The van der Waals surface area contributed by atoms with Crippen molar-refractivity contribution in [2.45, 2.75) is 19.2 Å². The Labute approximate surface area is 117 Å². The molecule has 6 nitrogen and oxygen atoms in total. The highest BCUT2D eigenvalue weighted by molar-refractivity contribution is 5.71. The minimum Gasteiger partial charge on any atom is -0.479 e. The molecule has 0 radical (unpaired) electrons. The number of carboxylic acids is 1. The summed E-state index contributed by atoms with van der Waals surface area (Å²) >= 11 is 0. The first kappa shape index (κ1) is 15.1. The Balaban J connectivity index is 2.05. The molecule has 2 rings (SSSR count). The Kier molecular flexibility index (Phi) is 4.05. The largest absolute Gasteiger partial charge is 0.479 e. The van der Waals surface area contributed by atoms with Crippen LogP contribution in [0.5, 0.6) is 0 Å². The van der Waals surface area contributed by atoms with Gasteiger partial charge in [-0.25, -0.2) is 9.63 Å². The predicted molar refractivity (Wildman–Crippen MR) is 66.2 cm³/mol. The molecular formula is C12H12F3N3O3. The first-order chi connectivity index (χ1) is 9.77. The molecular weight excluding hydrogens is 291 g/mol. The average Bonchev–Trinajstić information content (AvgIpc) is 2.86. The molecule has 0 saturated carbocycles. The molecule has 0 saturated heterocycles. The summed E-state index contributed by atoms with van der Waals surface area (Å²) in [5, 5.41) is 11.0. The first-order valence-electron chi connectivity index (χ1n) is 5.87. The zero-order chi connectivity index (χ0) is 15.6. The number of benzene rings is 1. The van der Waals surface area contributed by atoms with Gasteiger partial charge in [-0.05, 0) is 25.1 Å². The van der Waals surface area contributed by atoms with Gasteiger partial charge in [-0.3, -0.25) is 5.01 Å². The van der Waals surface area contributed by atoms with Gasteiger partial charge in [-0.1, -0.05) is 6.07 Å². The minimum atomic E-state index is -4.44. The number of nitrogens with one attached hydrogen (secondary N) is 1. The number of carbonyl (C=O) groups is 1. The van der Waals surface area contributed by atoms with Crippen molar-refractivity contribution in [1.29, 1.82) is 0 Å². The lowest BCUT2D eigenvalue weighted by molar-refractivity contribution is -0.201. The van der Waals surface area contributed by atoms with Crippen LogP contribution in [0, 0.1) is 0 Å². The molecule has 1 aromatic carbocycles. The maximum Gasteiger partial charge on any atom is 0.416 e. The van der Waals surface area contributed by atoms with Crippen LogP contribution < -0.4 is 10.5 Å². The number of hydroxylamine groups is 1. The fourth-order valence-corrected chi connectivity index (χ4v) is 1.55. The van der Waals surface area contributed by atoms with Crippen molar-refractivity contribution in [2.75, 3.05) is 5.01 Å². The number of hydrogen-bond acceptors (Lipinski definition) is 5. The molecule has 0 amide bonds. The van der Waals surface area contributed by atoms with Gasteiger partial charge < -0.3 is 5.11 Å². The highest BCUT2D eigenvalue weighted by atomic mass is 19.4. The lowest BCUT2D eigenvalue weighted by atomic mass is 10.2. The van der Waals surface area contributed by atoms with Crippen LogP contribution in [0.2, 0.25) is 0 Å². The highest BCUT2D eigenvalue weighted by Gasteiger charge is 2.31. The quantitative estimate of drug-likeness (QED) is 0.888. The maximum absolute atomic E-state index is 12.6. The number of rotatable bonds is 4. The number of aliphatic carboxylic acids is 1. The molecule has 0 bridgehead atoms. The first-order valence-corrected chi connectivity index (χ1v) is 5.87. The molecule has 0 aliphatic carbocycles. The van der Waals surface area contributed by atoms with Crippen molar-refractivity contribution in [3.63, 3.8) is 0 Å². The third-order valence-electron chi connectivity index (χ3n) is 2.63. The second-order valence-electron chi connectivity index (χ2n) is 4.23. The number of carboxylic acid groups (broad SMARTS) is 1. The number of halogens is 3. The van der Waals surface area contributed by atoms with Crippen molar-refractivity contribution in [2.24, 2.45) is 0 Å². The van der Waals surface area contributed by atoms with E-state index in [9.17, 15) is 18.0 Å². The van der Waals surface area contributed by atoms with E-state index < -0.39 is 23.8 Å². The molecule has 1 heterocycles. The normalized spacial score (nSPS) is 16.4.